The molecule has 2 heterocycles. The molecule has 1 atom stereocenters. The van der Waals surface area contributed by atoms with Crippen LogP contribution < -0.4 is 4.90 Å². The average molecular weight is 342 g/mol. The number of nitrogens with zero attached hydrogens (tertiary/aromatic N) is 4. The minimum atomic E-state index is -0.591. The van der Waals surface area contributed by atoms with E-state index in [-0.39, 0.29) is 30.9 Å². The Bertz CT molecular complexity index is 714. The molecule has 0 aliphatic carbocycles. The number of benzene rings is 1. The number of rotatable bonds is 4. The lowest BCUT2D eigenvalue weighted by Crippen LogP contribution is -2.54. The van der Waals surface area contributed by atoms with Gasteiger partial charge in [-0.2, -0.15) is 0 Å². The SMILES string of the molecule is C=CCN1C(=O)[C@@H]2CN(C(=O)c3ccc(N(C)C)cc3)CCN2C1=O. The lowest BCUT2D eigenvalue weighted by atomic mass is 10.1. The second kappa shape index (κ2) is 6.58. The molecule has 7 heteroatoms. The first-order valence-electron chi connectivity index (χ1n) is 8.23. The van der Waals surface area contributed by atoms with Gasteiger partial charge in [-0.15, -0.1) is 6.58 Å². The first kappa shape index (κ1) is 17.0. The molecule has 2 saturated heterocycles. The molecular weight excluding hydrogens is 320 g/mol. The fourth-order valence-corrected chi connectivity index (χ4v) is 3.22. The van der Waals surface area contributed by atoms with Crippen molar-refractivity contribution >= 4 is 23.5 Å². The molecule has 0 saturated carbocycles. The van der Waals surface area contributed by atoms with Crippen molar-refractivity contribution in [1.82, 2.24) is 14.7 Å². The Hall–Kier alpha value is -2.83. The van der Waals surface area contributed by atoms with Gasteiger partial charge in [0.15, 0.2) is 0 Å². The fraction of sp³-hybridized carbons (Fsp3) is 0.389. The van der Waals surface area contributed by atoms with Gasteiger partial charge >= 0.3 is 6.03 Å². The molecule has 25 heavy (non-hydrogen) atoms. The molecule has 1 aromatic carbocycles. The van der Waals surface area contributed by atoms with E-state index in [1.807, 2.05) is 31.1 Å². The Morgan fingerprint density at radius 1 is 1.24 bits per heavy atom. The predicted molar refractivity (Wildman–Crippen MR) is 94.5 cm³/mol. The van der Waals surface area contributed by atoms with E-state index in [9.17, 15) is 14.4 Å². The summed E-state index contributed by atoms with van der Waals surface area (Å²) >= 11 is 0. The number of carbonyl (C=O) groups excluding carboxylic acids is 3. The second-order valence-corrected chi connectivity index (χ2v) is 6.42. The lowest BCUT2D eigenvalue weighted by Gasteiger charge is -2.35. The van der Waals surface area contributed by atoms with Gasteiger partial charge in [0.2, 0.25) is 0 Å². The molecule has 1 aromatic rings. The molecule has 7 nitrogen and oxygen atoms in total. The minimum absolute atomic E-state index is 0.118. The van der Waals surface area contributed by atoms with E-state index >= 15 is 0 Å². The van der Waals surface area contributed by atoms with Crippen LogP contribution in [0.15, 0.2) is 36.9 Å². The van der Waals surface area contributed by atoms with Gasteiger partial charge in [0.05, 0.1) is 6.54 Å². The number of anilines is 1. The number of carbonyl (C=O) groups is 3. The highest BCUT2D eigenvalue weighted by Crippen LogP contribution is 2.23. The Kier molecular flexibility index (Phi) is 4.48. The second-order valence-electron chi connectivity index (χ2n) is 6.42. The summed E-state index contributed by atoms with van der Waals surface area (Å²) in [5.41, 5.74) is 1.59. The standard InChI is InChI=1S/C18H22N4O3/c1-4-9-22-17(24)15-12-20(10-11-21(15)18(22)25)16(23)13-5-7-14(8-6-13)19(2)3/h4-8,15H,1,9-12H2,2-3H3/t15-/m0/s1. The average Bonchev–Trinajstić information content (AvgIpc) is 2.86. The maximum absolute atomic E-state index is 12.7. The number of fused-ring (bicyclic) bond motifs is 1. The van der Waals surface area contributed by atoms with Crippen molar-refractivity contribution in [2.75, 3.05) is 45.2 Å². The van der Waals surface area contributed by atoms with Crippen LogP contribution in [0, 0.1) is 0 Å². The molecule has 0 spiro atoms. The summed E-state index contributed by atoms with van der Waals surface area (Å²) in [4.78, 5) is 43.8. The summed E-state index contributed by atoms with van der Waals surface area (Å²) in [5.74, 6) is -0.377. The van der Waals surface area contributed by atoms with Crippen LogP contribution in [0.2, 0.25) is 0 Å². The third-order valence-electron chi connectivity index (χ3n) is 4.64. The van der Waals surface area contributed by atoms with Crippen molar-refractivity contribution in [3.05, 3.63) is 42.5 Å². The van der Waals surface area contributed by atoms with E-state index < -0.39 is 6.04 Å². The molecule has 3 rings (SSSR count). The summed E-state index contributed by atoms with van der Waals surface area (Å²) in [6.07, 6.45) is 1.53. The fourth-order valence-electron chi connectivity index (χ4n) is 3.22. The van der Waals surface area contributed by atoms with Crippen LogP contribution in [-0.4, -0.2) is 78.9 Å². The molecule has 0 unspecified atom stereocenters. The molecule has 4 amide bonds. The van der Waals surface area contributed by atoms with Crippen molar-refractivity contribution in [2.24, 2.45) is 0 Å². The number of urea groups is 1. The van der Waals surface area contributed by atoms with Crippen LogP contribution in [-0.2, 0) is 4.79 Å². The van der Waals surface area contributed by atoms with Gasteiger partial charge in [0.1, 0.15) is 6.04 Å². The quantitative estimate of drug-likeness (QED) is 0.606. The zero-order valence-electron chi connectivity index (χ0n) is 14.5. The highest BCUT2D eigenvalue weighted by Gasteiger charge is 2.47. The number of imide groups is 1. The Labute approximate surface area is 147 Å². The van der Waals surface area contributed by atoms with Crippen molar-refractivity contribution in [1.29, 1.82) is 0 Å². The van der Waals surface area contributed by atoms with Crippen molar-refractivity contribution in [3.63, 3.8) is 0 Å². The zero-order valence-corrected chi connectivity index (χ0v) is 14.5. The van der Waals surface area contributed by atoms with Gasteiger partial charge in [-0.25, -0.2) is 4.79 Å². The molecule has 132 valence electrons. The van der Waals surface area contributed by atoms with Gasteiger partial charge in [0, 0.05) is 45.0 Å². The number of hydrogen-bond acceptors (Lipinski definition) is 4. The maximum atomic E-state index is 12.7. The molecule has 0 aromatic heterocycles. The lowest BCUT2D eigenvalue weighted by molar-refractivity contribution is -0.128. The predicted octanol–water partition coefficient (Wildman–Crippen LogP) is 1.03. The molecular formula is C18H22N4O3. The largest absolute Gasteiger partial charge is 0.378 e. The maximum Gasteiger partial charge on any atom is 0.327 e. The van der Waals surface area contributed by atoms with E-state index in [0.29, 0.717) is 18.7 Å². The number of hydrogen-bond donors (Lipinski definition) is 0. The molecule has 0 radical (unpaired) electrons. The monoisotopic (exact) mass is 342 g/mol. The van der Waals surface area contributed by atoms with Crippen LogP contribution in [0.5, 0.6) is 0 Å². The Morgan fingerprint density at radius 3 is 2.52 bits per heavy atom. The Balaban J connectivity index is 1.73. The van der Waals surface area contributed by atoms with E-state index in [4.69, 9.17) is 0 Å². The summed E-state index contributed by atoms with van der Waals surface area (Å²) in [5, 5.41) is 0. The van der Waals surface area contributed by atoms with E-state index in [1.54, 1.807) is 21.9 Å². The summed E-state index contributed by atoms with van der Waals surface area (Å²) in [7, 11) is 3.88. The van der Waals surface area contributed by atoms with Crippen LogP contribution in [0.1, 0.15) is 10.4 Å². The first-order chi connectivity index (χ1) is 11.9. The molecule has 2 fully saturated rings. The van der Waals surface area contributed by atoms with Crippen LogP contribution in [0.3, 0.4) is 0 Å². The van der Waals surface area contributed by atoms with Gasteiger partial charge in [-0.3, -0.25) is 14.5 Å². The van der Waals surface area contributed by atoms with Crippen LogP contribution >= 0.6 is 0 Å². The van der Waals surface area contributed by atoms with Gasteiger partial charge in [-0.05, 0) is 24.3 Å². The highest BCUT2D eigenvalue weighted by atomic mass is 16.2. The topological polar surface area (TPSA) is 64.2 Å². The highest BCUT2D eigenvalue weighted by molar-refractivity contribution is 6.05. The number of piperazine rings is 1. The molecule has 0 bridgehead atoms. The van der Waals surface area contributed by atoms with Crippen LogP contribution in [0.4, 0.5) is 10.5 Å². The van der Waals surface area contributed by atoms with Crippen molar-refractivity contribution < 1.29 is 14.4 Å². The third-order valence-corrected chi connectivity index (χ3v) is 4.64. The zero-order chi connectivity index (χ0) is 18.1. The minimum Gasteiger partial charge on any atom is -0.378 e. The number of amides is 4. The normalized spacial score (nSPS) is 19.9. The van der Waals surface area contributed by atoms with E-state index in [0.717, 1.165) is 5.69 Å². The summed E-state index contributed by atoms with van der Waals surface area (Å²) in [6, 6.07) is 6.47. The third kappa shape index (κ3) is 2.97. The summed E-state index contributed by atoms with van der Waals surface area (Å²) in [6.45, 7) is 4.80. The smallest absolute Gasteiger partial charge is 0.327 e. The van der Waals surface area contributed by atoms with Gasteiger partial charge in [-0.1, -0.05) is 6.08 Å². The van der Waals surface area contributed by atoms with Crippen molar-refractivity contribution in [2.45, 2.75) is 6.04 Å². The first-order valence-corrected chi connectivity index (χ1v) is 8.23. The summed E-state index contributed by atoms with van der Waals surface area (Å²) < 4.78 is 0. The Morgan fingerprint density at radius 2 is 1.92 bits per heavy atom. The van der Waals surface area contributed by atoms with Gasteiger partial charge < -0.3 is 14.7 Å². The van der Waals surface area contributed by atoms with E-state index in [1.165, 1.54) is 11.0 Å². The van der Waals surface area contributed by atoms with Gasteiger partial charge in [0.25, 0.3) is 11.8 Å². The molecule has 0 N–H and O–H groups in total. The van der Waals surface area contributed by atoms with Crippen molar-refractivity contribution in [3.8, 4) is 0 Å². The van der Waals surface area contributed by atoms with E-state index in [2.05, 4.69) is 6.58 Å². The van der Waals surface area contributed by atoms with Crippen LogP contribution in [0.25, 0.3) is 0 Å². The molecule has 2 aliphatic rings. The molecule has 2 aliphatic heterocycles.